The van der Waals surface area contributed by atoms with Crippen LogP contribution in [0.3, 0.4) is 0 Å². The zero-order valence-electron chi connectivity index (χ0n) is 22.2. The summed E-state index contributed by atoms with van der Waals surface area (Å²) in [6, 6.07) is 19.1. The van der Waals surface area contributed by atoms with Crippen molar-refractivity contribution >= 4 is 5.69 Å². The Morgan fingerprint density at radius 3 is 2.71 bits per heavy atom. The van der Waals surface area contributed by atoms with Crippen molar-refractivity contribution in [1.29, 1.82) is 5.26 Å². The van der Waals surface area contributed by atoms with Gasteiger partial charge in [0, 0.05) is 56.1 Å². The second-order valence-corrected chi connectivity index (χ2v) is 11.2. The maximum absolute atomic E-state index is 9.47. The summed E-state index contributed by atoms with van der Waals surface area (Å²) in [4.78, 5) is 7.27. The zero-order valence-corrected chi connectivity index (χ0v) is 22.2. The van der Waals surface area contributed by atoms with Crippen molar-refractivity contribution in [2.75, 3.05) is 24.6 Å². The molecule has 194 valence electrons. The van der Waals surface area contributed by atoms with E-state index in [9.17, 15) is 5.11 Å². The molecule has 0 spiro atoms. The fourth-order valence-corrected chi connectivity index (χ4v) is 5.99. The maximum Gasteiger partial charge on any atom is 0.161 e. The Labute approximate surface area is 224 Å². The summed E-state index contributed by atoms with van der Waals surface area (Å²) in [7, 11) is 0. The van der Waals surface area contributed by atoms with Gasteiger partial charge >= 0.3 is 0 Å². The van der Waals surface area contributed by atoms with Crippen LogP contribution in [0.5, 0.6) is 0 Å². The standard InChI is InChI=1S/C32H35N5O/c1-22(23(2)21-38)3-4-25-11-13-35(18-25)29-9-10-30-28(15-29)20-36-19-27(26-7-5-24(17-33)6-8-26)16-31(36)32-34-12-14-37(30)32/h5-10,12,14-16,19,22-23,25,38H,3-4,11,13,18,20-21H2,1-2H3/t22?,23-,25-/m1/s1. The number of fused-ring (bicyclic) bond motifs is 5. The summed E-state index contributed by atoms with van der Waals surface area (Å²) in [5, 5.41) is 18.6. The van der Waals surface area contributed by atoms with Crippen molar-refractivity contribution in [3.05, 3.63) is 78.2 Å². The Morgan fingerprint density at radius 2 is 1.92 bits per heavy atom. The molecule has 0 radical (unpaired) electrons. The maximum atomic E-state index is 9.47. The van der Waals surface area contributed by atoms with E-state index in [1.807, 2.05) is 30.5 Å². The lowest BCUT2D eigenvalue weighted by Crippen LogP contribution is -2.20. The van der Waals surface area contributed by atoms with Gasteiger partial charge in [0.15, 0.2) is 5.82 Å². The fraction of sp³-hybridized carbons (Fsp3) is 0.375. The smallest absolute Gasteiger partial charge is 0.161 e. The monoisotopic (exact) mass is 505 g/mol. The number of benzene rings is 2. The molecule has 4 heterocycles. The molecule has 2 aliphatic heterocycles. The SMILES string of the molecule is CC(CC[C@@H]1CCN(c2ccc3c(c2)Cn2cc(-c4ccc(C#N)cc4)cc2-c2nccn2-3)C1)[C@H](C)CO. The molecule has 4 aromatic rings. The van der Waals surface area contributed by atoms with Gasteiger partial charge in [0.25, 0.3) is 0 Å². The van der Waals surface area contributed by atoms with E-state index in [1.54, 1.807) is 0 Å². The Hall–Kier alpha value is -3.82. The first-order chi connectivity index (χ1) is 18.5. The molecule has 2 aliphatic rings. The summed E-state index contributed by atoms with van der Waals surface area (Å²) in [6.07, 6.45) is 9.79. The molecule has 1 unspecified atom stereocenters. The second-order valence-electron chi connectivity index (χ2n) is 11.2. The molecule has 0 saturated carbocycles. The summed E-state index contributed by atoms with van der Waals surface area (Å²) in [5.41, 5.74) is 7.77. The lowest BCUT2D eigenvalue weighted by Gasteiger charge is -2.22. The average molecular weight is 506 g/mol. The minimum absolute atomic E-state index is 0.282. The number of rotatable bonds is 7. The van der Waals surface area contributed by atoms with E-state index in [0.717, 1.165) is 42.3 Å². The molecular formula is C32H35N5O. The van der Waals surface area contributed by atoms with Crippen LogP contribution in [-0.2, 0) is 6.54 Å². The Balaban J connectivity index is 1.25. The summed E-state index contributed by atoms with van der Waals surface area (Å²) < 4.78 is 4.51. The highest BCUT2D eigenvalue weighted by Crippen LogP contribution is 2.36. The van der Waals surface area contributed by atoms with E-state index >= 15 is 0 Å². The number of aromatic nitrogens is 3. The molecule has 1 fully saturated rings. The quantitative estimate of drug-likeness (QED) is 0.290. The number of nitriles is 1. The molecule has 1 saturated heterocycles. The van der Waals surface area contributed by atoms with Gasteiger partial charge in [-0.2, -0.15) is 5.26 Å². The molecule has 6 nitrogen and oxygen atoms in total. The first-order valence-electron chi connectivity index (χ1n) is 13.8. The number of aliphatic hydroxyl groups is 1. The highest BCUT2D eigenvalue weighted by atomic mass is 16.3. The Morgan fingerprint density at radius 1 is 1.08 bits per heavy atom. The summed E-state index contributed by atoms with van der Waals surface area (Å²) in [5.74, 6) is 2.61. The number of hydrogen-bond acceptors (Lipinski definition) is 4. The van der Waals surface area contributed by atoms with Gasteiger partial charge in [-0.3, -0.25) is 4.57 Å². The predicted octanol–water partition coefficient (Wildman–Crippen LogP) is 6.11. The van der Waals surface area contributed by atoms with Crippen LogP contribution in [0, 0.1) is 29.1 Å². The average Bonchev–Trinajstić information content (AvgIpc) is 3.70. The van der Waals surface area contributed by atoms with E-state index in [1.165, 1.54) is 36.2 Å². The molecule has 6 rings (SSSR count). The van der Waals surface area contributed by atoms with Crippen molar-refractivity contribution in [3.8, 4) is 34.4 Å². The minimum atomic E-state index is 0.282. The molecule has 0 amide bonds. The van der Waals surface area contributed by atoms with Gasteiger partial charge < -0.3 is 14.6 Å². The lowest BCUT2D eigenvalue weighted by molar-refractivity contribution is 0.186. The molecule has 0 aliphatic carbocycles. The van der Waals surface area contributed by atoms with E-state index < -0.39 is 0 Å². The highest BCUT2D eigenvalue weighted by molar-refractivity contribution is 5.72. The number of anilines is 1. The van der Waals surface area contributed by atoms with Gasteiger partial charge in [0.05, 0.1) is 23.0 Å². The third-order valence-corrected chi connectivity index (χ3v) is 8.72. The zero-order chi connectivity index (χ0) is 26.2. The summed E-state index contributed by atoms with van der Waals surface area (Å²) >= 11 is 0. The molecule has 0 bridgehead atoms. The molecule has 2 aromatic carbocycles. The highest BCUT2D eigenvalue weighted by Gasteiger charge is 2.26. The van der Waals surface area contributed by atoms with Gasteiger partial charge in [-0.1, -0.05) is 32.4 Å². The van der Waals surface area contributed by atoms with Crippen LogP contribution in [0.25, 0.3) is 28.3 Å². The summed E-state index contributed by atoms with van der Waals surface area (Å²) in [6.45, 7) is 7.69. The Bertz CT molecular complexity index is 1470. The lowest BCUT2D eigenvalue weighted by atomic mass is 9.88. The molecule has 38 heavy (non-hydrogen) atoms. The van der Waals surface area contributed by atoms with Crippen molar-refractivity contribution < 1.29 is 5.11 Å². The van der Waals surface area contributed by atoms with Gasteiger partial charge in [-0.25, -0.2) is 4.98 Å². The van der Waals surface area contributed by atoms with Crippen molar-refractivity contribution in [2.45, 2.75) is 39.7 Å². The molecule has 2 aromatic heterocycles. The van der Waals surface area contributed by atoms with Crippen LogP contribution in [0.15, 0.2) is 67.1 Å². The van der Waals surface area contributed by atoms with Gasteiger partial charge in [0.2, 0.25) is 0 Å². The molecular weight excluding hydrogens is 470 g/mol. The van der Waals surface area contributed by atoms with E-state index in [0.29, 0.717) is 23.3 Å². The van der Waals surface area contributed by atoms with Crippen LogP contribution in [0.2, 0.25) is 0 Å². The van der Waals surface area contributed by atoms with Crippen molar-refractivity contribution in [2.24, 2.45) is 17.8 Å². The van der Waals surface area contributed by atoms with Crippen LogP contribution >= 0.6 is 0 Å². The Kier molecular flexibility index (Phi) is 6.55. The normalized spacial score (nSPS) is 17.7. The first kappa shape index (κ1) is 24.5. The number of aliphatic hydroxyl groups excluding tert-OH is 1. The molecule has 6 heteroatoms. The van der Waals surface area contributed by atoms with Crippen molar-refractivity contribution in [1.82, 2.24) is 14.1 Å². The van der Waals surface area contributed by atoms with Crippen LogP contribution in [-0.4, -0.2) is 38.9 Å². The predicted molar refractivity (Wildman–Crippen MR) is 151 cm³/mol. The van der Waals surface area contributed by atoms with Crippen LogP contribution in [0.4, 0.5) is 5.69 Å². The third-order valence-electron chi connectivity index (χ3n) is 8.72. The minimum Gasteiger partial charge on any atom is -0.396 e. The van der Waals surface area contributed by atoms with Gasteiger partial charge in [0.1, 0.15) is 0 Å². The van der Waals surface area contributed by atoms with Gasteiger partial charge in [-0.15, -0.1) is 0 Å². The van der Waals surface area contributed by atoms with Gasteiger partial charge in [-0.05, 0) is 78.1 Å². The van der Waals surface area contributed by atoms with E-state index in [2.05, 4.69) is 70.6 Å². The van der Waals surface area contributed by atoms with E-state index in [-0.39, 0.29) is 6.61 Å². The first-order valence-corrected chi connectivity index (χ1v) is 13.8. The van der Waals surface area contributed by atoms with Crippen molar-refractivity contribution in [3.63, 3.8) is 0 Å². The molecule has 1 N–H and O–H groups in total. The number of nitrogens with zero attached hydrogens (tertiary/aromatic N) is 5. The number of hydrogen-bond donors (Lipinski definition) is 1. The number of imidazole rings is 1. The second kappa shape index (κ2) is 10.2. The largest absolute Gasteiger partial charge is 0.396 e. The van der Waals surface area contributed by atoms with E-state index in [4.69, 9.17) is 10.2 Å². The van der Waals surface area contributed by atoms with Crippen LogP contribution < -0.4 is 4.90 Å². The molecule has 3 atom stereocenters. The fourth-order valence-electron chi connectivity index (χ4n) is 5.99. The van der Waals surface area contributed by atoms with Crippen LogP contribution in [0.1, 0.15) is 44.2 Å². The topological polar surface area (TPSA) is 70.0 Å². The third kappa shape index (κ3) is 4.52.